The molecule has 0 unspecified atom stereocenters. The molecule has 1 amide bonds. The van der Waals surface area contributed by atoms with Crippen LogP contribution in [0, 0.1) is 0 Å². The zero-order chi connectivity index (χ0) is 16.1. The molecule has 1 aliphatic rings. The standard InChI is InChI=1S/C18H19BrN2OS.ClH/c19-15-7-5-14(6-8-15)13-23-17-4-2-1-3-16(17)18(22)21-11-9-20-10-12-21;/h1-8,20H,9-13H2;1H. The Morgan fingerprint density at radius 2 is 1.75 bits per heavy atom. The van der Waals surface area contributed by atoms with Gasteiger partial charge in [-0.15, -0.1) is 24.2 Å². The summed E-state index contributed by atoms with van der Waals surface area (Å²) in [6.45, 7) is 3.31. The van der Waals surface area contributed by atoms with E-state index in [1.54, 1.807) is 11.8 Å². The van der Waals surface area contributed by atoms with Gasteiger partial charge in [0.1, 0.15) is 0 Å². The number of thioether (sulfide) groups is 1. The zero-order valence-corrected chi connectivity index (χ0v) is 16.4. The van der Waals surface area contributed by atoms with E-state index in [-0.39, 0.29) is 18.3 Å². The van der Waals surface area contributed by atoms with E-state index in [4.69, 9.17) is 0 Å². The van der Waals surface area contributed by atoms with Crippen LogP contribution in [0.3, 0.4) is 0 Å². The van der Waals surface area contributed by atoms with Gasteiger partial charge in [0.25, 0.3) is 5.91 Å². The molecule has 0 spiro atoms. The molecule has 1 N–H and O–H groups in total. The number of hydrogen-bond acceptors (Lipinski definition) is 3. The quantitative estimate of drug-likeness (QED) is 0.742. The lowest BCUT2D eigenvalue weighted by Crippen LogP contribution is -2.46. The average Bonchev–Trinajstić information content (AvgIpc) is 2.62. The van der Waals surface area contributed by atoms with Crippen LogP contribution in [0.5, 0.6) is 0 Å². The maximum Gasteiger partial charge on any atom is 0.255 e. The van der Waals surface area contributed by atoms with Gasteiger partial charge in [-0.3, -0.25) is 4.79 Å². The topological polar surface area (TPSA) is 32.3 Å². The Labute approximate surface area is 161 Å². The summed E-state index contributed by atoms with van der Waals surface area (Å²) in [5.41, 5.74) is 2.07. The first-order valence-corrected chi connectivity index (χ1v) is 9.48. The highest BCUT2D eigenvalue weighted by Crippen LogP contribution is 2.27. The van der Waals surface area contributed by atoms with Crippen LogP contribution in [0.15, 0.2) is 57.9 Å². The highest BCUT2D eigenvalue weighted by Gasteiger charge is 2.20. The molecule has 24 heavy (non-hydrogen) atoms. The van der Waals surface area contributed by atoms with Gasteiger partial charge >= 0.3 is 0 Å². The molecule has 2 aromatic rings. The number of rotatable bonds is 4. The van der Waals surface area contributed by atoms with Gasteiger partial charge in [-0.25, -0.2) is 0 Å². The number of halogens is 2. The lowest BCUT2D eigenvalue weighted by molar-refractivity contribution is 0.0732. The molecule has 0 bridgehead atoms. The second-order valence-electron chi connectivity index (χ2n) is 5.45. The Balaban J connectivity index is 0.00000208. The molecule has 3 nitrogen and oxygen atoms in total. The first kappa shape index (κ1) is 19.3. The van der Waals surface area contributed by atoms with Crippen molar-refractivity contribution in [3.63, 3.8) is 0 Å². The van der Waals surface area contributed by atoms with Crippen LogP contribution in [0.25, 0.3) is 0 Å². The van der Waals surface area contributed by atoms with Crippen LogP contribution in [0.1, 0.15) is 15.9 Å². The van der Waals surface area contributed by atoms with Crippen LogP contribution in [-0.2, 0) is 5.75 Å². The zero-order valence-electron chi connectivity index (χ0n) is 13.2. The fourth-order valence-corrected chi connectivity index (χ4v) is 3.81. The minimum Gasteiger partial charge on any atom is -0.336 e. The van der Waals surface area contributed by atoms with E-state index in [2.05, 4.69) is 33.4 Å². The lowest BCUT2D eigenvalue weighted by atomic mass is 10.2. The van der Waals surface area contributed by atoms with E-state index in [0.717, 1.165) is 46.9 Å². The van der Waals surface area contributed by atoms with Gasteiger partial charge in [0.2, 0.25) is 0 Å². The molecule has 0 atom stereocenters. The summed E-state index contributed by atoms with van der Waals surface area (Å²) < 4.78 is 1.08. The Morgan fingerprint density at radius 3 is 2.46 bits per heavy atom. The van der Waals surface area contributed by atoms with Gasteiger partial charge in [0.05, 0.1) is 5.56 Å². The number of benzene rings is 2. The third-order valence-electron chi connectivity index (χ3n) is 3.83. The molecule has 6 heteroatoms. The maximum absolute atomic E-state index is 12.8. The Bertz CT molecular complexity index is 675. The largest absolute Gasteiger partial charge is 0.336 e. The number of amides is 1. The summed E-state index contributed by atoms with van der Waals surface area (Å²) in [5, 5.41) is 3.28. The average molecular weight is 428 g/mol. The number of carbonyl (C=O) groups is 1. The number of piperazine rings is 1. The second-order valence-corrected chi connectivity index (χ2v) is 7.39. The van der Waals surface area contributed by atoms with E-state index in [1.165, 1.54) is 5.56 Å². The Morgan fingerprint density at radius 1 is 1.08 bits per heavy atom. The third-order valence-corrected chi connectivity index (χ3v) is 5.50. The molecule has 128 valence electrons. The molecular weight excluding hydrogens is 408 g/mol. The fraction of sp³-hybridized carbons (Fsp3) is 0.278. The summed E-state index contributed by atoms with van der Waals surface area (Å²) >= 11 is 5.17. The normalized spacial score (nSPS) is 14.1. The Kier molecular flexibility index (Phi) is 7.62. The lowest BCUT2D eigenvalue weighted by Gasteiger charge is -2.28. The number of hydrogen-bond donors (Lipinski definition) is 1. The van der Waals surface area contributed by atoms with Crippen molar-refractivity contribution < 1.29 is 4.79 Å². The number of carbonyl (C=O) groups excluding carboxylic acids is 1. The third kappa shape index (κ3) is 4.99. The van der Waals surface area contributed by atoms with Gasteiger partial charge in [-0.1, -0.05) is 40.2 Å². The van der Waals surface area contributed by atoms with E-state index < -0.39 is 0 Å². The summed E-state index contributed by atoms with van der Waals surface area (Å²) in [7, 11) is 0. The minimum absolute atomic E-state index is 0. The first-order valence-electron chi connectivity index (χ1n) is 7.70. The number of nitrogens with one attached hydrogen (secondary N) is 1. The fourth-order valence-electron chi connectivity index (χ4n) is 2.55. The molecule has 2 aromatic carbocycles. The predicted molar refractivity (Wildman–Crippen MR) is 106 cm³/mol. The van der Waals surface area contributed by atoms with Crippen molar-refractivity contribution in [3.8, 4) is 0 Å². The molecule has 0 radical (unpaired) electrons. The molecule has 3 rings (SSSR count). The molecule has 0 aliphatic carbocycles. The summed E-state index contributed by atoms with van der Waals surface area (Å²) in [6, 6.07) is 16.2. The molecule has 1 saturated heterocycles. The summed E-state index contributed by atoms with van der Waals surface area (Å²) in [4.78, 5) is 15.7. The summed E-state index contributed by atoms with van der Waals surface area (Å²) in [6.07, 6.45) is 0. The summed E-state index contributed by atoms with van der Waals surface area (Å²) in [5.74, 6) is 1.00. The van der Waals surface area contributed by atoms with Crippen molar-refractivity contribution >= 4 is 46.0 Å². The smallest absolute Gasteiger partial charge is 0.255 e. The molecular formula is C18H20BrClN2OS. The maximum atomic E-state index is 12.8. The Hall–Kier alpha value is -1.01. The molecule has 1 fully saturated rings. The molecule has 0 aromatic heterocycles. The van der Waals surface area contributed by atoms with E-state index in [0.29, 0.717) is 0 Å². The van der Waals surface area contributed by atoms with Crippen LogP contribution in [0.4, 0.5) is 0 Å². The second kappa shape index (κ2) is 9.47. The van der Waals surface area contributed by atoms with E-state index in [9.17, 15) is 4.79 Å². The van der Waals surface area contributed by atoms with E-state index >= 15 is 0 Å². The van der Waals surface area contributed by atoms with Gasteiger partial charge in [-0.2, -0.15) is 0 Å². The van der Waals surface area contributed by atoms with Crippen molar-refractivity contribution in [1.29, 1.82) is 0 Å². The molecule has 1 heterocycles. The molecule has 0 saturated carbocycles. The van der Waals surface area contributed by atoms with Crippen LogP contribution in [0.2, 0.25) is 0 Å². The highest BCUT2D eigenvalue weighted by atomic mass is 79.9. The van der Waals surface area contributed by atoms with Crippen LogP contribution < -0.4 is 5.32 Å². The molecule has 1 aliphatic heterocycles. The van der Waals surface area contributed by atoms with Crippen molar-refractivity contribution in [2.24, 2.45) is 0 Å². The predicted octanol–water partition coefficient (Wildman–Crippen LogP) is 4.21. The SMILES string of the molecule is Cl.O=C(c1ccccc1SCc1ccc(Br)cc1)N1CCNCC1. The van der Waals surface area contributed by atoms with Crippen molar-refractivity contribution in [3.05, 3.63) is 64.1 Å². The van der Waals surface area contributed by atoms with Crippen LogP contribution in [-0.4, -0.2) is 37.0 Å². The van der Waals surface area contributed by atoms with Crippen LogP contribution >= 0.6 is 40.1 Å². The van der Waals surface area contributed by atoms with Gasteiger partial charge < -0.3 is 10.2 Å². The van der Waals surface area contributed by atoms with Crippen molar-refractivity contribution in [2.45, 2.75) is 10.6 Å². The van der Waals surface area contributed by atoms with Crippen molar-refractivity contribution in [2.75, 3.05) is 26.2 Å². The van der Waals surface area contributed by atoms with Gasteiger partial charge in [-0.05, 0) is 29.8 Å². The number of nitrogens with zero attached hydrogens (tertiary/aromatic N) is 1. The first-order chi connectivity index (χ1) is 11.2. The minimum atomic E-state index is 0. The highest BCUT2D eigenvalue weighted by molar-refractivity contribution is 9.10. The van der Waals surface area contributed by atoms with Gasteiger partial charge in [0.15, 0.2) is 0 Å². The van der Waals surface area contributed by atoms with Crippen molar-refractivity contribution in [1.82, 2.24) is 10.2 Å². The monoisotopic (exact) mass is 426 g/mol. The van der Waals surface area contributed by atoms with Gasteiger partial charge in [0, 0.05) is 41.3 Å². The van der Waals surface area contributed by atoms with E-state index in [1.807, 2.05) is 41.3 Å².